The zero-order valence-electron chi connectivity index (χ0n) is 11.9. The zero-order valence-corrected chi connectivity index (χ0v) is 11.9. The van der Waals surface area contributed by atoms with Crippen molar-refractivity contribution in [3.63, 3.8) is 0 Å². The number of ether oxygens (including phenoxy) is 2. The van der Waals surface area contributed by atoms with Gasteiger partial charge in [0, 0.05) is 5.56 Å². The Balaban J connectivity index is 2.60. The van der Waals surface area contributed by atoms with Crippen molar-refractivity contribution in [2.45, 2.75) is 19.8 Å². The fourth-order valence-corrected chi connectivity index (χ4v) is 2.25. The van der Waals surface area contributed by atoms with Crippen molar-refractivity contribution in [2.75, 3.05) is 14.2 Å². The van der Waals surface area contributed by atoms with Gasteiger partial charge in [-0.15, -0.1) is 0 Å². The van der Waals surface area contributed by atoms with Crippen molar-refractivity contribution in [1.82, 2.24) is 0 Å². The van der Waals surface area contributed by atoms with Crippen molar-refractivity contribution in [3.8, 4) is 22.6 Å². The van der Waals surface area contributed by atoms with Crippen LogP contribution in [0, 0.1) is 6.07 Å². The fraction of sp³-hybridized carbons (Fsp3) is 0.294. The first-order valence-electron chi connectivity index (χ1n) is 6.39. The van der Waals surface area contributed by atoms with E-state index in [0.717, 1.165) is 28.2 Å². The van der Waals surface area contributed by atoms with E-state index in [-0.39, 0.29) is 0 Å². The van der Waals surface area contributed by atoms with Crippen LogP contribution in [0.25, 0.3) is 11.1 Å². The van der Waals surface area contributed by atoms with E-state index in [1.54, 1.807) is 14.2 Å². The quantitative estimate of drug-likeness (QED) is 0.811. The van der Waals surface area contributed by atoms with Crippen LogP contribution in [-0.4, -0.2) is 14.2 Å². The van der Waals surface area contributed by atoms with Crippen molar-refractivity contribution >= 4 is 0 Å². The number of hydrogen-bond acceptors (Lipinski definition) is 2. The van der Waals surface area contributed by atoms with Crippen LogP contribution in [0.15, 0.2) is 36.4 Å². The molecule has 0 spiro atoms. The largest absolute Gasteiger partial charge is 0.496 e. The van der Waals surface area contributed by atoms with Gasteiger partial charge >= 0.3 is 0 Å². The highest BCUT2D eigenvalue weighted by Gasteiger charge is 2.16. The molecule has 0 saturated heterocycles. The molecule has 0 unspecified atom stereocenters. The summed E-state index contributed by atoms with van der Waals surface area (Å²) in [5.41, 5.74) is 3.33. The van der Waals surface area contributed by atoms with E-state index in [1.165, 1.54) is 0 Å². The lowest BCUT2D eigenvalue weighted by molar-refractivity contribution is 0.382. The van der Waals surface area contributed by atoms with Gasteiger partial charge in [-0.3, -0.25) is 0 Å². The van der Waals surface area contributed by atoms with E-state index in [4.69, 9.17) is 9.47 Å². The van der Waals surface area contributed by atoms with Crippen LogP contribution in [0.3, 0.4) is 0 Å². The SMILES string of the molecule is COc1cc(-c2cc[c]cc2)cc(OC)c1C(C)C. The van der Waals surface area contributed by atoms with Gasteiger partial charge in [0.1, 0.15) is 11.5 Å². The summed E-state index contributed by atoms with van der Waals surface area (Å²) in [6.45, 7) is 4.27. The Hall–Kier alpha value is -1.96. The van der Waals surface area contributed by atoms with Crippen molar-refractivity contribution < 1.29 is 9.47 Å². The monoisotopic (exact) mass is 255 g/mol. The Kier molecular flexibility index (Phi) is 4.10. The molecule has 0 atom stereocenters. The molecular formula is C17H19O2. The lowest BCUT2D eigenvalue weighted by Crippen LogP contribution is -1.99. The lowest BCUT2D eigenvalue weighted by Gasteiger charge is -2.18. The summed E-state index contributed by atoms with van der Waals surface area (Å²) in [5, 5.41) is 0. The minimum Gasteiger partial charge on any atom is -0.496 e. The second-order valence-electron chi connectivity index (χ2n) is 4.74. The Bertz CT molecular complexity index is 519. The Labute approximate surface area is 115 Å². The van der Waals surface area contributed by atoms with Gasteiger partial charge in [-0.1, -0.05) is 38.1 Å². The Morgan fingerprint density at radius 1 is 0.895 bits per heavy atom. The van der Waals surface area contributed by atoms with E-state index in [2.05, 4.69) is 32.0 Å². The molecule has 0 bridgehead atoms. The molecule has 1 radical (unpaired) electrons. The van der Waals surface area contributed by atoms with Gasteiger partial charge < -0.3 is 9.47 Å². The van der Waals surface area contributed by atoms with Gasteiger partial charge in [-0.25, -0.2) is 0 Å². The summed E-state index contributed by atoms with van der Waals surface area (Å²) >= 11 is 0. The molecule has 0 aliphatic rings. The molecule has 99 valence electrons. The van der Waals surface area contributed by atoms with Crippen LogP contribution in [0.5, 0.6) is 11.5 Å². The molecule has 0 N–H and O–H groups in total. The summed E-state index contributed by atoms with van der Waals surface area (Å²) < 4.78 is 11.0. The first kappa shape index (κ1) is 13.5. The van der Waals surface area contributed by atoms with Crippen LogP contribution in [0.1, 0.15) is 25.3 Å². The highest BCUT2D eigenvalue weighted by Crippen LogP contribution is 2.39. The first-order valence-corrected chi connectivity index (χ1v) is 6.39. The van der Waals surface area contributed by atoms with E-state index < -0.39 is 0 Å². The molecular weight excluding hydrogens is 236 g/mol. The number of rotatable bonds is 4. The van der Waals surface area contributed by atoms with Crippen LogP contribution >= 0.6 is 0 Å². The molecule has 0 amide bonds. The molecule has 2 aromatic carbocycles. The summed E-state index contributed by atoms with van der Waals surface area (Å²) in [7, 11) is 3.40. The standard InChI is InChI=1S/C17H19O2/c1-12(2)17-15(18-3)10-14(11-16(17)19-4)13-8-6-5-7-9-13/h6-12H,1-4H3. The molecule has 2 heteroatoms. The third-order valence-electron chi connectivity index (χ3n) is 3.17. The highest BCUT2D eigenvalue weighted by atomic mass is 16.5. The van der Waals surface area contributed by atoms with E-state index in [9.17, 15) is 0 Å². The van der Waals surface area contributed by atoms with Crippen LogP contribution in [0.2, 0.25) is 0 Å². The maximum absolute atomic E-state index is 5.52. The van der Waals surface area contributed by atoms with Gasteiger partial charge in [0.05, 0.1) is 14.2 Å². The summed E-state index contributed by atoms with van der Waals surface area (Å²) in [4.78, 5) is 0. The minimum absolute atomic E-state index is 0.350. The van der Waals surface area contributed by atoms with Crippen LogP contribution in [0.4, 0.5) is 0 Å². The minimum atomic E-state index is 0.350. The van der Waals surface area contributed by atoms with Gasteiger partial charge in [-0.2, -0.15) is 0 Å². The highest BCUT2D eigenvalue weighted by molar-refractivity contribution is 5.69. The normalized spacial score (nSPS) is 10.6. The number of benzene rings is 2. The molecule has 19 heavy (non-hydrogen) atoms. The summed E-state index contributed by atoms with van der Waals surface area (Å²) in [5.74, 6) is 2.09. The van der Waals surface area contributed by atoms with Crippen LogP contribution in [-0.2, 0) is 0 Å². The maximum Gasteiger partial charge on any atom is 0.126 e. The van der Waals surface area contributed by atoms with Gasteiger partial charge in [0.25, 0.3) is 0 Å². The topological polar surface area (TPSA) is 18.5 Å². The predicted molar refractivity (Wildman–Crippen MR) is 77.9 cm³/mol. The van der Waals surface area contributed by atoms with Crippen molar-refractivity contribution in [1.29, 1.82) is 0 Å². The second kappa shape index (κ2) is 5.79. The lowest BCUT2D eigenvalue weighted by atomic mass is 9.96. The van der Waals surface area contributed by atoms with E-state index >= 15 is 0 Å². The Morgan fingerprint density at radius 3 is 1.84 bits per heavy atom. The maximum atomic E-state index is 5.52. The molecule has 0 heterocycles. The second-order valence-corrected chi connectivity index (χ2v) is 4.74. The zero-order chi connectivity index (χ0) is 13.8. The molecule has 2 nitrogen and oxygen atoms in total. The smallest absolute Gasteiger partial charge is 0.126 e. The molecule has 0 aliphatic heterocycles. The number of methoxy groups -OCH3 is 2. The van der Waals surface area contributed by atoms with Gasteiger partial charge in [-0.05, 0) is 35.2 Å². The van der Waals surface area contributed by atoms with Crippen LogP contribution < -0.4 is 9.47 Å². The average molecular weight is 255 g/mol. The molecule has 0 fully saturated rings. The predicted octanol–water partition coefficient (Wildman–Crippen LogP) is 4.29. The van der Waals surface area contributed by atoms with Gasteiger partial charge in [0.15, 0.2) is 0 Å². The molecule has 2 rings (SSSR count). The van der Waals surface area contributed by atoms with Crippen molar-refractivity contribution in [3.05, 3.63) is 48.0 Å². The molecule has 0 aromatic heterocycles. The summed E-state index contributed by atoms with van der Waals surface area (Å²) in [6.07, 6.45) is 0. The average Bonchev–Trinajstić information content (AvgIpc) is 2.46. The molecule has 2 aromatic rings. The van der Waals surface area contributed by atoms with E-state index in [1.807, 2.05) is 24.3 Å². The van der Waals surface area contributed by atoms with Gasteiger partial charge in [0.2, 0.25) is 0 Å². The fourth-order valence-electron chi connectivity index (χ4n) is 2.25. The van der Waals surface area contributed by atoms with E-state index in [0.29, 0.717) is 5.92 Å². The molecule has 0 saturated carbocycles. The number of hydrogen-bond donors (Lipinski definition) is 0. The third kappa shape index (κ3) is 2.73. The molecule has 0 aliphatic carbocycles. The summed E-state index contributed by atoms with van der Waals surface area (Å²) in [6, 6.07) is 15.0. The first-order chi connectivity index (χ1) is 9.17. The Morgan fingerprint density at radius 2 is 1.42 bits per heavy atom. The third-order valence-corrected chi connectivity index (χ3v) is 3.17. The van der Waals surface area contributed by atoms with Crippen molar-refractivity contribution in [2.24, 2.45) is 0 Å².